The predicted octanol–water partition coefficient (Wildman–Crippen LogP) is 3.94. The van der Waals surface area contributed by atoms with Crippen LogP contribution in [0.4, 0.5) is 0 Å². The van der Waals surface area contributed by atoms with Gasteiger partial charge in [0.2, 0.25) is 0 Å². The molecule has 0 radical (unpaired) electrons. The normalized spacial score (nSPS) is 31.9. The molecule has 2 N–H and O–H groups in total. The zero-order valence-corrected chi connectivity index (χ0v) is 17.6. The van der Waals surface area contributed by atoms with Crippen LogP contribution in [0.5, 0.6) is 0 Å². The minimum Gasteiger partial charge on any atom is -0.377 e. The Labute approximate surface area is 165 Å². The third kappa shape index (κ3) is 2.98. The first-order chi connectivity index (χ1) is 11.2. The summed E-state index contributed by atoms with van der Waals surface area (Å²) in [6.07, 6.45) is 7.01. The van der Waals surface area contributed by atoms with Crippen molar-refractivity contribution in [3.63, 3.8) is 0 Å². The van der Waals surface area contributed by atoms with E-state index in [1.165, 1.54) is 37.0 Å². The maximum absolute atomic E-state index is 6.08. The number of nitrogens with zero attached hydrogens (tertiary/aromatic N) is 1. The Morgan fingerprint density at radius 1 is 1.42 bits per heavy atom. The SMILES string of the molecule is CN=C(NC(C)c1cccs1)NC1C2CCOC2C12CCCC2.I. The minimum absolute atomic E-state index is 0. The van der Waals surface area contributed by atoms with E-state index in [1.54, 1.807) is 11.3 Å². The molecule has 1 aromatic rings. The quantitative estimate of drug-likeness (QED) is 0.407. The summed E-state index contributed by atoms with van der Waals surface area (Å²) in [5, 5.41) is 9.46. The molecular formula is C18H28IN3OS. The molecule has 2 aliphatic carbocycles. The van der Waals surface area contributed by atoms with Gasteiger partial charge in [-0.25, -0.2) is 0 Å². The Bertz CT molecular complexity index is 571. The second-order valence-corrected chi connectivity index (χ2v) is 8.24. The third-order valence-corrected chi connectivity index (χ3v) is 7.18. The lowest BCUT2D eigenvalue weighted by molar-refractivity contribution is -0.125. The fourth-order valence-electron chi connectivity index (χ4n) is 5.04. The summed E-state index contributed by atoms with van der Waals surface area (Å²) in [4.78, 5) is 5.83. The zero-order chi connectivity index (χ0) is 15.9. The Balaban J connectivity index is 0.00000169. The molecule has 134 valence electrons. The molecule has 4 rings (SSSR count). The van der Waals surface area contributed by atoms with Crippen LogP contribution >= 0.6 is 35.3 Å². The monoisotopic (exact) mass is 461 g/mol. The third-order valence-electron chi connectivity index (χ3n) is 6.13. The largest absolute Gasteiger partial charge is 0.377 e. The molecule has 0 bridgehead atoms. The topological polar surface area (TPSA) is 45.7 Å². The highest BCUT2D eigenvalue weighted by molar-refractivity contribution is 14.0. The smallest absolute Gasteiger partial charge is 0.191 e. The van der Waals surface area contributed by atoms with Gasteiger partial charge < -0.3 is 15.4 Å². The Morgan fingerprint density at radius 2 is 2.21 bits per heavy atom. The molecule has 3 fully saturated rings. The number of hydrogen-bond donors (Lipinski definition) is 2. The summed E-state index contributed by atoms with van der Waals surface area (Å²) < 4.78 is 6.08. The zero-order valence-electron chi connectivity index (χ0n) is 14.5. The molecule has 4 atom stereocenters. The first kappa shape index (κ1) is 18.5. The van der Waals surface area contributed by atoms with Gasteiger partial charge in [-0.05, 0) is 37.6 Å². The first-order valence-electron chi connectivity index (χ1n) is 8.89. The van der Waals surface area contributed by atoms with Gasteiger partial charge in [0.05, 0.1) is 12.1 Å². The lowest BCUT2D eigenvalue weighted by Gasteiger charge is -2.57. The lowest BCUT2D eigenvalue weighted by atomic mass is 9.54. The highest BCUT2D eigenvalue weighted by Gasteiger charge is 2.65. The highest BCUT2D eigenvalue weighted by Crippen LogP contribution is 2.60. The van der Waals surface area contributed by atoms with Crippen LogP contribution in [0.25, 0.3) is 0 Å². The number of nitrogens with one attached hydrogen (secondary N) is 2. The molecule has 6 heteroatoms. The van der Waals surface area contributed by atoms with Crippen LogP contribution in [0.1, 0.15) is 49.9 Å². The fourth-order valence-corrected chi connectivity index (χ4v) is 5.77. The van der Waals surface area contributed by atoms with E-state index in [0.717, 1.165) is 12.6 Å². The van der Waals surface area contributed by atoms with E-state index in [2.05, 4.69) is 40.1 Å². The molecule has 4 nitrogen and oxygen atoms in total. The van der Waals surface area contributed by atoms with Gasteiger partial charge >= 0.3 is 0 Å². The van der Waals surface area contributed by atoms with Gasteiger partial charge in [0.1, 0.15) is 0 Å². The fraction of sp³-hybridized carbons (Fsp3) is 0.722. The van der Waals surface area contributed by atoms with Gasteiger partial charge in [-0.3, -0.25) is 4.99 Å². The van der Waals surface area contributed by atoms with Crippen LogP contribution in [-0.4, -0.2) is 31.8 Å². The molecule has 1 aromatic heterocycles. The minimum atomic E-state index is 0. The number of guanidine groups is 1. The van der Waals surface area contributed by atoms with Crippen LogP contribution in [0.15, 0.2) is 22.5 Å². The maximum Gasteiger partial charge on any atom is 0.191 e. The van der Waals surface area contributed by atoms with Gasteiger partial charge in [-0.1, -0.05) is 18.9 Å². The average Bonchev–Trinajstić information content (AvgIpc) is 3.31. The second kappa shape index (κ2) is 7.50. The van der Waals surface area contributed by atoms with E-state index in [-0.39, 0.29) is 30.0 Å². The summed E-state index contributed by atoms with van der Waals surface area (Å²) in [5.74, 6) is 1.61. The van der Waals surface area contributed by atoms with Gasteiger partial charge in [-0.2, -0.15) is 0 Å². The Morgan fingerprint density at radius 3 is 2.88 bits per heavy atom. The lowest BCUT2D eigenvalue weighted by Crippen LogP contribution is -2.69. The van der Waals surface area contributed by atoms with Crippen molar-refractivity contribution in [3.8, 4) is 0 Å². The molecule has 3 aliphatic rings. The van der Waals surface area contributed by atoms with Crippen molar-refractivity contribution in [2.24, 2.45) is 16.3 Å². The number of rotatable bonds is 3. The van der Waals surface area contributed by atoms with Crippen molar-refractivity contribution in [2.45, 2.75) is 57.2 Å². The highest BCUT2D eigenvalue weighted by atomic mass is 127. The maximum atomic E-state index is 6.08. The first-order valence-corrected chi connectivity index (χ1v) is 9.77. The number of ether oxygens (including phenoxy) is 1. The summed E-state index contributed by atoms with van der Waals surface area (Å²) in [6, 6.07) is 5.10. The molecule has 0 amide bonds. The standard InChI is InChI=1S/C18H27N3OS.HI/c1-12(14-6-5-11-23-14)20-17(19-2)21-15-13-7-10-22-16(13)18(15)8-3-4-9-18;/h5-6,11-13,15-16H,3-4,7-10H2,1-2H3,(H2,19,20,21);1H. The second-order valence-electron chi connectivity index (χ2n) is 7.26. The van der Waals surface area contributed by atoms with Gasteiger partial charge in [0, 0.05) is 35.9 Å². The van der Waals surface area contributed by atoms with Crippen molar-refractivity contribution in [3.05, 3.63) is 22.4 Å². The van der Waals surface area contributed by atoms with Crippen LogP contribution in [0.2, 0.25) is 0 Å². The summed E-state index contributed by atoms with van der Waals surface area (Å²) in [7, 11) is 1.87. The number of fused-ring (bicyclic) bond motifs is 2. The number of thiophene rings is 1. The van der Waals surface area contributed by atoms with Gasteiger partial charge in [0.25, 0.3) is 0 Å². The molecule has 2 heterocycles. The Hall–Kier alpha value is -0.340. The molecular weight excluding hydrogens is 433 g/mol. The van der Waals surface area contributed by atoms with Gasteiger partial charge in [0.15, 0.2) is 5.96 Å². The van der Waals surface area contributed by atoms with Crippen LogP contribution in [-0.2, 0) is 4.74 Å². The van der Waals surface area contributed by atoms with E-state index < -0.39 is 0 Å². The summed E-state index contributed by atoms with van der Waals surface area (Å²) >= 11 is 1.79. The van der Waals surface area contributed by atoms with E-state index in [4.69, 9.17) is 4.74 Å². The number of halogens is 1. The van der Waals surface area contributed by atoms with E-state index in [1.807, 2.05) is 7.05 Å². The molecule has 4 unspecified atom stereocenters. The van der Waals surface area contributed by atoms with Gasteiger partial charge in [-0.15, -0.1) is 35.3 Å². The summed E-state index contributed by atoms with van der Waals surface area (Å²) in [5.41, 5.74) is 0.366. The van der Waals surface area contributed by atoms with E-state index in [0.29, 0.717) is 23.5 Å². The summed E-state index contributed by atoms with van der Waals surface area (Å²) in [6.45, 7) is 3.14. The molecule has 0 aromatic carbocycles. The number of aliphatic imine (C=N–C) groups is 1. The van der Waals surface area contributed by atoms with Crippen molar-refractivity contribution in [2.75, 3.05) is 13.7 Å². The number of hydrogen-bond acceptors (Lipinski definition) is 3. The van der Waals surface area contributed by atoms with Crippen LogP contribution in [0, 0.1) is 11.3 Å². The average molecular weight is 461 g/mol. The van der Waals surface area contributed by atoms with Crippen LogP contribution < -0.4 is 10.6 Å². The van der Waals surface area contributed by atoms with Crippen molar-refractivity contribution >= 4 is 41.3 Å². The van der Waals surface area contributed by atoms with Crippen molar-refractivity contribution in [1.82, 2.24) is 10.6 Å². The molecule has 24 heavy (non-hydrogen) atoms. The van der Waals surface area contributed by atoms with Crippen LogP contribution in [0.3, 0.4) is 0 Å². The molecule has 1 aliphatic heterocycles. The van der Waals surface area contributed by atoms with Crippen molar-refractivity contribution in [1.29, 1.82) is 0 Å². The Kier molecular flexibility index (Phi) is 5.76. The molecule has 2 saturated carbocycles. The molecule has 1 spiro atoms. The van der Waals surface area contributed by atoms with Crippen molar-refractivity contribution < 1.29 is 4.74 Å². The van der Waals surface area contributed by atoms with E-state index in [9.17, 15) is 0 Å². The van der Waals surface area contributed by atoms with E-state index >= 15 is 0 Å². The predicted molar refractivity (Wildman–Crippen MR) is 110 cm³/mol. The molecule has 1 saturated heterocycles.